The van der Waals surface area contributed by atoms with E-state index in [4.69, 9.17) is 4.74 Å². The van der Waals surface area contributed by atoms with Crippen LogP contribution in [0.2, 0.25) is 0 Å². The zero-order chi connectivity index (χ0) is 11.8. The van der Waals surface area contributed by atoms with Gasteiger partial charge in [-0.05, 0) is 19.8 Å². The summed E-state index contributed by atoms with van der Waals surface area (Å²) in [4.78, 5) is 0. The van der Waals surface area contributed by atoms with Crippen LogP contribution in [0.25, 0.3) is 0 Å². The second-order valence-electron chi connectivity index (χ2n) is 4.96. The predicted octanol–water partition coefficient (Wildman–Crippen LogP) is 4.83. The molecule has 1 saturated heterocycles. The first-order valence-corrected chi connectivity index (χ1v) is 6.84. The first-order chi connectivity index (χ1) is 7.77. The maximum Gasteiger partial charge on any atom is 0.141 e. The van der Waals surface area contributed by atoms with E-state index in [1.54, 1.807) is 0 Å². The fourth-order valence-corrected chi connectivity index (χ4v) is 2.47. The molecule has 0 aromatic rings. The molecule has 0 radical (unpaired) electrons. The minimum atomic E-state index is 0.370. The first kappa shape index (κ1) is 13.4. The van der Waals surface area contributed by atoms with Crippen molar-refractivity contribution in [3.63, 3.8) is 0 Å². The predicted molar refractivity (Wildman–Crippen MR) is 69.3 cm³/mol. The standard InChI is InChI=1S/C15H26O/c1-4-6-7-8-9-10-11-14-12-13(3)16-15(14)5-2/h13-14H,2,4,6-12H2,1,3H3. The second kappa shape index (κ2) is 7.57. The molecule has 1 aliphatic rings. The van der Waals surface area contributed by atoms with Crippen LogP contribution in [0, 0.1) is 5.92 Å². The summed E-state index contributed by atoms with van der Waals surface area (Å²) in [6.07, 6.45) is 11.0. The fourth-order valence-electron chi connectivity index (χ4n) is 2.47. The minimum Gasteiger partial charge on any atom is -0.487 e. The Hall–Kier alpha value is -0.680. The molecule has 0 aromatic heterocycles. The van der Waals surface area contributed by atoms with Gasteiger partial charge >= 0.3 is 0 Å². The van der Waals surface area contributed by atoms with Gasteiger partial charge in [0.2, 0.25) is 0 Å². The van der Waals surface area contributed by atoms with E-state index in [1.807, 2.05) is 0 Å². The van der Waals surface area contributed by atoms with Crippen LogP contribution in [-0.4, -0.2) is 6.10 Å². The number of hydrogen-bond acceptors (Lipinski definition) is 1. The van der Waals surface area contributed by atoms with Gasteiger partial charge in [0.25, 0.3) is 0 Å². The van der Waals surface area contributed by atoms with E-state index < -0.39 is 0 Å². The van der Waals surface area contributed by atoms with E-state index in [0.717, 1.165) is 12.2 Å². The molecule has 1 fully saturated rings. The Bertz CT molecular complexity index is 238. The summed E-state index contributed by atoms with van der Waals surface area (Å²) in [5.41, 5.74) is 2.95. The summed E-state index contributed by atoms with van der Waals surface area (Å²) in [5, 5.41) is 0. The number of hydrogen-bond donors (Lipinski definition) is 0. The van der Waals surface area contributed by atoms with Crippen LogP contribution >= 0.6 is 0 Å². The highest BCUT2D eigenvalue weighted by Gasteiger charge is 2.27. The molecule has 2 atom stereocenters. The van der Waals surface area contributed by atoms with Gasteiger partial charge in [-0.1, -0.05) is 57.8 Å². The molecule has 0 aliphatic carbocycles. The second-order valence-corrected chi connectivity index (χ2v) is 4.96. The maximum absolute atomic E-state index is 5.66. The lowest BCUT2D eigenvalue weighted by atomic mass is 9.96. The van der Waals surface area contributed by atoms with E-state index in [1.165, 1.54) is 44.9 Å². The van der Waals surface area contributed by atoms with Crippen LogP contribution < -0.4 is 0 Å². The third-order valence-corrected chi connectivity index (χ3v) is 3.40. The highest BCUT2D eigenvalue weighted by molar-refractivity contribution is 5.01. The van der Waals surface area contributed by atoms with Gasteiger partial charge in [-0.15, -0.1) is 0 Å². The molecule has 0 spiro atoms. The summed E-state index contributed by atoms with van der Waals surface area (Å²) < 4.78 is 5.66. The van der Waals surface area contributed by atoms with Crippen molar-refractivity contribution in [3.05, 3.63) is 18.1 Å². The lowest BCUT2D eigenvalue weighted by Gasteiger charge is -2.07. The molecule has 1 nitrogen and oxygen atoms in total. The van der Waals surface area contributed by atoms with Crippen LogP contribution in [0.1, 0.15) is 65.2 Å². The average molecular weight is 222 g/mol. The molecule has 92 valence electrons. The molecule has 1 aliphatic heterocycles. The van der Waals surface area contributed by atoms with Crippen molar-refractivity contribution >= 4 is 0 Å². The summed E-state index contributed by atoms with van der Waals surface area (Å²) in [7, 11) is 0. The van der Waals surface area contributed by atoms with Crippen LogP contribution in [-0.2, 0) is 4.74 Å². The van der Waals surface area contributed by atoms with E-state index in [-0.39, 0.29) is 0 Å². The van der Waals surface area contributed by atoms with Gasteiger partial charge in [0.15, 0.2) is 0 Å². The van der Waals surface area contributed by atoms with Crippen molar-refractivity contribution in [1.82, 2.24) is 0 Å². The van der Waals surface area contributed by atoms with Crippen LogP contribution in [0.3, 0.4) is 0 Å². The van der Waals surface area contributed by atoms with E-state index in [2.05, 4.69) is 26.2 Å². The van der Waals surface area contributed by atoms with Crippen LogP contribution in [0.15, 0.2) is 18.1 Å². The summed E-state index contributed by atoms with van der Waals surface area (Å²) in [5.74, 6) is 1.61. The Labute approximate surface area is 101 Å². The third-order valence-electron chi connectivity index (χ3n) is 3.40. The molecule has 0 aromatic carbocycles. The Morgan fingerprint density at radius 3 is 2.62 bits per heavy atom. The molecule has 1 heterocycles. The monoisotopic (exact) mass is 222 g/mol. The SMILES string of the molecule is C=C=C1OC(C)CC1CCCCCCCC. The van der Waals surface area contributed by atoms with Gasteiger partial charge in [-0.25, -0.2) is 0 Å². The zero-order valence-electron chi connectivity index (χ0n) is 10.9. The topological polar surface area (TPSA) is 9.23 Å². The zero-order valence-corrected chi connectivity index (χ0v) is 10.9. The average Bonchev–Trinajstić information content (AvgIpc) is 2.64. The summed E-state index contributed by atoms with van der Waals surface area (Å²) >= 11 is 0. The number of ether oxygens (including phenoxy) is 1. The summed E-state index contributed by atoms with van der Waals surface area (Å²) in [6.45, 7) is 8.11. The molecule has 0 saturated carbocycles. The lowest BCUT2D eigenvalue weighted by molar-refractivity contribution is 0.177. The largest absolute Gasteiger partial charge is 0.487 e. The molecule has 2 unspecified atom stereocenters. The Morgan fingerprint density at radius 1 is 1.25 bits per heavy atom. The van der Waals surface area contributed by atoms with Crippen molar-refractivity contribution in [2.75, 3.05) is 0 Å². The summed E-state index contributed by atoms with van der Waals surface area (Å²) in [6, 6.07) is 0. The van der Waals surface area contributed by atoms with E-state index in [9.17, 15) is 0 Å². The highest BCUT2D eigenvalue weighted by atomic mass is 16.5. The molecule has 16 heavy (non-hydrogen) atoms. The molecular formula is C15H26O. The molecule has 1 rings (SSSR count). The molecule has 0 bridgehead atoms. The Balaban J connectivity index is 2.11. The smallest absolute Gasteiger partial charge is 0.141 e. The molecule has 1 heteroatoms. The van der Waals surface area contributed by atoms with Gasteiger partial charge in [0.1, 0.15) is 5.76 Å². The Kier molecular flexibility index (Phi) is 6.33. The van der Waals surface area contributed by atoms with Gasteiger partial charge in [-0.2, -0.15) is 0 Å². The third kappa shape index (κ3) is 4.45. The van der Waals surface area contributed by atoms with E-state index in [0.29, 0.717) is 12.0 Å². The number of allylic oxidation sites excluding steroid dienone is 1. The Morgan fingerprint density at radius 2 is 1.94 bits per heavy atom. The molecule has 0 N–H and O–H groups in total. The van der Waals surface area contributed by atoms with Crippen molar-refractivity contribution in [3.8, 4) is 0 Å². The highest BCUT2D eigenvalue weighted by Crippen LogP contribution is 2.32. The van der Waals surface area contributed by atoms with E-state index >= 15 is 0 Å². The van der Waals surface area contributed by atoms with Gasteiger partial charge in [0, 0.05) is 5.92 Å². The fraction of sp³-hybridized carbons (Fsp3) is 0.800. The van der Waals surface area contributed by atoms with Crippen molar-refractivity contribution < 1.29 is 4.74 Å². The van der Waals surface area contributed by atoms with Crippen molar-refractivity contribution in [2.24, 2.45) is 5.92 Å². The van der Waals surface area contributed by atoms with Gasteiger partial charge in [-0.3, -0.25) is 0 Å². The van der Waals surface area contributed by atoms with Crippen LogP contribution in [0.5, 0.6) is 0 Å². The van der Waals surface area contributed by atoms with Crippen molar-refractivity contribution in [2.45, 2.75) is 71.3 Å². The number of unbranched alkanes of at least 4 members (excludes halogenated alkanes) is 5. The normalized spacial score (nSPS) is 24.2. The van der Waals surface area contributed by atoms with Crippen molar-refractivity contribution in [1.29, 1.82) is 0 Å². The minimum absolute atomic E-state index is 0.370. The van der Waals surface area contributed by atoms with Gasteiger partial charge in [0.05, 0.1) is 6.10 Å². The molecule has 0 amide bonds. The molecular weight excluding hydrogens is 196 g/mol. The number of rotatable bonds is 7. The first-order valence-electron chi connectivity index (χ1n) is 6.84. The quantitative estimate of drug-likeness (QED) is 0.443. The lowest BCUT2D eigenvalue weighted by Crippen LogP contribution is -1.98. The maximum atomic E-state index is 5.66. The van der Waals surface area contributed by atoms with Gasteiger partial charge < -0.3 is 4.74 Å². The van der Waals surface area contributed by atoms with Crippen LogP contribution in [0.4, 0.5) is 0 Å².